The number of aromatic nitrogens is 1. The highest BCUT2D eigenvalue weighted by Gasteiger charge is 2.30. The molecule has 2 nitrogen and oxygen atoms in total. The largest absolute Gasteiger partial charge is 0.416 e. The fourth-order valence-electron chi connectivity index (χ4n) is 2.51. The molecule has 124 valence electrons. The van der Waals surface area contributed by atoms with E-state index in [0.717, 1.165) is 33.5 Å². The van der Waals surface area contributed by atoms with Gasteiger partial charge in [0, 0.05) is 21.2 Å². The lowest BCUT2D eigenvalue weighted by atomic mass is 10.1. The van der Waals surface area contributed by atoms with Gasteiger partial charge in [0.1, 0.15) is 0 Å². The van der Waals surface area contributed by atoms with Crippen LogP contribution in [0.3, 0.4) is 0 Å². The van der Waals surface area contributed by atoms with Gasteiger partial charge in [-0.3, -0.25) is 4.98 Å². The van der Waals surface area contributed by atoms with E-state index in [9.17, 15) is 13.2 Å². The van der Waals surface area contributed by atoms with Crippen molar-refractivity contribution in [1.29, 1.82) is 0 Å². The van der Waals surface area contributed by atoms with Gasteiger partial charge in [-0.05, 0) is 65.7 Å². The van der Waals surface area contributed by atoms with E-state index in [1.807, 2.05) is 31.2 Å². The summed E-state index contributed by atoms with van der Waals surface area (Å²) in [6, 6.07) is 11.3. The number of nitrogens with one attached hydrogen (secondary N) is 1. The molecule has 0 atom stereocenters. The van der Waals surface area contributed by atoms with Crippen LogP contribution >= 0.6 is 15.9 Å². The van der Waals surface area contributed by atoms with Crippen molar-refractivity contribution in [1.82, 2.24) is 4.98 Å². The normalized spacial score (nSPS) is 11.8. The van der Waals surface area contributed by atoms with Crippen molar-refractivity contribution in [3.8, 4) is 0 Å². The first-order valence-corrected chi connectivity index (χ1v) is 8.05. The lowest BCUT2D eigenvalue weighted by Crippen LogP contribution is -2.05. The minimum atomic E-state index is -4.38. The Morgan fingerprint density at radius 3 is 2.38 bits per heavy atom. The van der Waals surface area contributed by atoms with Crippen molar-refractivity contribution < 1.29 is 13.2 Å². The second-order valence-corrected chi connectivity index (χ2v) is 6.50. The number of halogens is 4. The molecule has 1 aromatic heterocycles. The maximum absolute atomic E-state index is 12.9. The van der Waals surface area contributed by atoms with E-state index in [1.165, 1.54) is 6.07 Å². The molecule has 0 spiro atoms. The Kier molecular flexibility index (Phi) is 4.25. The molecule has 0 amide bonds. The molecule has 0 aliphatic heterocycles. The zero-order valence-corrected chi connectivity index (χ0v) is 14.6. The molecule has 6 heteroatoms. The monoisotopic (exact) mass is 394 g/mol. The van der Waals surface area contributed by atoms with Gasteiger partial charge < -0.3 is 5.32 Å². The predicted octanol–water partition coefficient (Wildman–Crippen LogP) is 6.38. The quantitative estimate of drug-likeness (QED) is 0.545. The third-order valence-electron chi connectivity index (χ3n) is 3.66. The Morgan fingerprint density at radius 1 is 0.958 bits per heavy atom. The molecular weight excluding hydrogens is 381 g/mol. The van der Waals surface area contributed by atoms with Crippen LogP contribution < -0.4 is 5.32 Å². The van der Waals surface area contributed by atoms with Crippen LogP contribution in [-0.4, -0.2) is 4.98 Å². The zero-order valence-electron chi connectivity index (χ0n) is 13.0. The number of nitrogens with zero attached hydrogens (tertiary/aromatic N) is 1. The van der Waals surface area contributed by atoms with Gasteiger partial charge in [0.25, 0.3) is 0 Å². The van der Waals surface area contributed by atoms with E-state index < -0.39 is 11.7 Å². The summed E-state index contributed by atoms with van der Waals surface area (Å²) in [5.41, 5.74) is 2.93. The van der Waals surface area contributed by atoms with Crippen molar-refractivity contribution in [2.75, 3.05) is 5.32 Å². The molecule has 3 aromatic rings. The summed E-state index contributed by atoms with van der Waals surface area (Å²) < 4.78 is 39.6. The molecule has 0 bridgehead atoms. The highest BCUT2D eigenvalue weighted by atomic mass is 79.9. The van der Waals surface area contributed by atoms with Gasteiger partial charge in [0.15, 0.2) is 0 Å². The molecule has 0 fully saturated rings. The molecule has 0 saturated carbocycles. The number of aryl methyl sites for hydroxylation is 2. The van der Waals surface area contributed by atoms with Crippen molar-refractivity contribution in [3.63, 3.8) is 0 Å². The van der Waals surface area contributed by atoms with Crippen LogP contribution in [0.25, 0.3) is 10.9 Å². The maximum Gasteiger partial charge on any atom is 0.416 e. The molecule has 1 N–H and O–H groups in total. The number of rotatable bonds is 2. The lowest BCUT2D eigenvalue weighted by Gasteiger charge is -2.14. The Morgan fingerprint density at radius 2 is 1.71 bits per heavy atom. The Balaban J connectivity index is 2.10. The highest BCUT2D eigenvalue weighted by molar-refractivity contribution is 9.10. The van der Waals surface area contributed by atoms with E-state index in [0.29, 0.717) is 16.6 Å². The second-order valence-electron chi connectivity index (χ2n) is 5.65. The highest BCUT2D eigenvalue weighted by Crippen LogP contribution is 2.35. The van der Waals surface area contributed by atoms with Crippen LogP contribution in [0.2, 0.25) is 0 Å². The number of fused-ring (bicyclic) bond motifs is 1. The minimum Gasteiger partial charge on any atom is -0.354 e. The van der Waals surface area contributed by atoms with Crippen molar-refractivity contribution >= 4 is 38.2 Å². The van der Waals surface area contributed by atoms with Gasteiger partial charge >= 0.3 is 6.18 Å². The molecule has 24 heavy (non-hydrogen) atoms. The van der Waals surface area contributed by atoms with Gasteiger partial charge in [-0.1, -0.05) is 12.1 Å². The van der Waals surface area contributed by atoms with Crippen molar-refractivity contribution in [2.45, 2.75) is 20.0 Å². The van der Waals surface area contributed by atoms with Crippen LogP contribution in [0, 0.1) is 13.8 Å². The average Bonchev–Trinajstić information content (AvgIpc) is 2.48. The maximum atomic E-state index is 12.9. The average molecular weight is 395 g/mol. The summed E-state index contributed by atoms with van der Waals surface area (Å²) in [5, 5.41) is 3.91. The summed E-state index contributed by atoms with van der Waals surface area (Å²) in [6.07, 6.45) is -4.38. The van der Waals surface area contributed by atoms with Crippen LogP contribution in [0.1, 0.15) is 16.8 Å². The topological polar surface area (TPSA) is 24.9 Å². The zero-order chi connectivity index (χ0) is 17.5. The fraction of sp³-hybridized carbons (Fsp3) is 0.167. The van der Waals surface area contributed by atoms with Crippen LogP contribution in [-0.2, 0) is 6.18 Å². The van der Waals surface area contributed by atoms with E-state index in [2.05, 4.69) is 26.2 Å². The predicted molar refractivity (Wildman–Crippen MR) is 93.6 cm³/mol. The Labute approximate surface area is 145 Å². The number of benzene rings is 2. The molecule has 0 aliphatic carbocycles. The summed E-state index contributed by atoms with van der Waals surface area (Å²) in [7, 11) is 0. The van der Waals surface area contributed by atoms with Crippen molar-refractivity contribution in [3.05, 3.63) is 63.8 Å². The third kappa shape index (κ3) is 3.38. The van der Waals surface area contributed by atoms with Gasteiger partial charge in [-0.15, -0.1) is 0 Å². The molecule has 1 heterocycles. The molecule has 2 aromatic carbocycles. The first-order chi connectivity index (χ1) is 11.2. The SMILES string of the molecule is Cc1ccc(Nc2cc(C)nc3cc(C(F)(F)F)ccc23)c(Br)c1. The number of hydrogen-bond donors (Lipinski definition) is 1. The van der Waals surface area contributed by atoms with Crippen molar-refractivity contribution in [2.24, 2.45) is 0 Å². The summed E-state index contributed by atoms with van der Waals surface area (Å²) in [5.74, 6) is 0. The summed E-state index contributed by atoms with van der Waals surface area (Å²) in [4.78, 5) is 4.24. The summed E-state index contributed by atoms with van der Waals surface area (Å²) >= 11 is 3.50. The van der Waals surface area contributed by atoms with Crippen LogP contribution in [0.4, 0.5) is 24.5 Å². The lowest BCUT2D eigenvalue weighted by molar-refractivity contribution is -0.137. The van der Waals surface area contributed by atoms with Gasteiger partial charge in [0.2, 0.25) is 0 Å². The first-order valence-electron chi connectivity index (χ1n) is 7.26. The molecular formula is C18H14BrF3N2. The molecule has 0 saturated heterocycles. The molecule has 3 rings (SSSR count). The third-order valence-corrected chi connectivity index (χ3v) is 4.32. The number of hydrogen-bond acceptors (Lipinski definition) is 2. The van der Waals surface area contributed by atoms with E-state index in [4.69, 9.17) is 0 Å². The second kappa shape index (κ2) is 6.09. The van der Waals surface area contributed by atoms with Gasteiger partial charge in [-0.2, -0.15) is 13.2 Å². The summed E-state index contributed by atoms with van der Waals surface area (Å²) in [6.45, 7) is 3.74. The van der Waals surface area contributed by atoms with E-state index >= 15 is 0 Å². The molecule has 0 radical (unpaired) electrons. The number of pyridine rings is 1. The smallest absolute Gasteiger partial charge is 0.354 e. The minimum absolute atomic E-state index is 0.315. The number of anilines is 2. The molecule has 0 aliphatic rings. The van der Waals surface area contributed by atoms with Crippen LogP contribution in [0.5, 0.6) is 0 Å². The fourth-order valence-corrected chi connectivity index (χ4v) is 3.10. The molecule has 0 unspecified atom stereocenters. The Bertz CT molecular complexity index is 920. The van der Waals surface area contributed by atoms with E-state index in [1.54, 1.807) is 6.92 Å². The van der Waals surface area contributed by atoms with E-state index in [-0.39, 0.29) is 0 Å². The van der Waals surface area contributed by atoms with Crippen LogP contribution in [0.15, 0.2) is 46.9 Å². The first kappa shape index (κ1) is 16.8. The Hall–Kier alpha value is -2.08. The number of alkyl halides is 3. The standard InChI is InChI=1S/C18H14BrF3N2/c1-10-3-6-15(14(19)7-10)24-16-8-11(2)23-17-9-12(18(20,21)22)4-5-13(16)17/h3-9H,1-2H3,(H,23,24). The van der Waals surface area contributed by atoms with Gasteiger partial charge in [0.05, 0.1) is 16.8 Å². The van der Waals surface area contributed by atoms with Gasteiger partial charge in [-0.25, -0.2) is 0 Å².